The average Bonchev–Trinajstić information content (AvgIpc) is 2.28. The molecule has 2 fully saturated rings. The second-order valence-electron chi connectivity index (χ2n) is 4.12. The summed E-state index contributed by atoms with van der Waals surface area (Å²) in [6.07, 6.45) is 2.11. The predicted octanol–water partition coefficient (Wildman–Crippen LogP) is 2.01. The molecular weight excluding hydrogens is 298 g/mol. The molecule has 3 atom stereocenters. The molecule has 2 rings (SSSR count). The molecule has 0 saturated carbocycles. The van der Waals surface area contributed by atoms with Crippen LogP contribution in [0.15, 0.2) is 0 Å². The third-order valence-electron chi connectivity index (χ3n) is 3.25. The second kappa shape index (κ2) is 3.99. The number of alkyl halides is 1. The van der Waals surface area contributed by atoms with Gasteiger partial charge in [-0.25, -0.2) is 0 Å². The van der Waals surface area contributed by atoms with Crippen LogP contribution in [0.1, 0.15) is 19.8 Å². The van der Waals surface area contributed by atoms with Gasteiger partial charge in [-0.1, -0.05) is 15.9 Å². The highest BCUT2D eigenvalue weighted by atomic mass is 79.9. The molecule has 0 aliphatic carbocycles. The summed E-state index contributed by atoms with van der Waals surface area (Å²) < 4.78 is 0. The van der Waals surface area contributed by atoms with Crippen molar-refractivity contribution in [3.63, 3.8) is 0 Å². The molecular formula is C9H15Br2NO. The molecule has 3 unspecified atom stereocenters. The minimum Gasteiger partial charge on any atom is -0.301 e. The van der Waals surface area contributed by atoms with Crippen molar-refractivity contribution in [1.82, 2.24) is 4.90 Å². The van der Waals surface area contributed by atoms with Crippen LogP contribution in [0, 0.1) is 5.41 Å². The predicted molar refractivity (Wildman–Crippen MR) is 61.8 cm³/mol. The molecule has 2 nitrogen and oxygen atoms in total. The third kappa shape index (κ3) is 2.00. The summed E-state index contributed by atoms with van der Waals surface area (Å²) in [7, 11) is 0. The SMILES string of the molecule is Br.CC(=O)C12CCN(CC(Br)C1)C2. The van der Waals surface area contributed by atoms with Crippen LogP contribution in [-0.2, 0) is 4.79 Å². The minimum atomic E-state index is 0. The molecule has 76 valence electrons. The lowest BCUT2D eigenvalue weighted by molar-refractivity contribution is -0.126. The van der Waals surface area contributed by atoms with Gasteiger partial charge in [0.25, 0.3) is 0 Å². The zero-order valence-electron chi connectivity index (χ0n) is 7.75. The highest BCUT2D eigenvalue weighted by molar-refractivity contribution is 9.09. The van der Waals surface area contributed by atoms with Gasteiger partial charge in [-0.2, -0.15) is 0 Å². The van der Waals surface area contributed by atoms with E-state index >= 15 is 0 Å². The maximum absolute atomic E-state index is 11.5. The van der Waals surface area contributed by atoms with Gasteiger partial charge in [0.1, 0.15) is 5.78 Å². The summed E-state index contributed by atoms with van der Waals surface area (Å²) in [4.78, 5) is 14.4. The molecule has 0 aromatic rings. The lowest BCUT2D eigenvalue weighted by Gasteiger charge is -2.34. The van der Waals surface area contributed by atoms with E-state index in [1.807, 2.05) is 0 Å². The number of ketones is 1. The van der Waals surface area contributed by atoms with Crippen molar-refractivity contribution < 1.29 is 4.79 Å². The molecule has 2 aliphatic rings. The van der Waals surface area contributed by atoms with Crippen LogP contribution in [-0.4, -0.2) is 35.1 Å². The first kappa shape index (κ1) is 11.7. The van der Waals surface area contributed by atoms with Crippen molar-refractivity contribution in [2.24, 2.45) is 5.41 Å². The molecule has 0 spiro atoms. The Labute approximate surface area is 97.9 Å². The summed E-state index contributed by atoms with van der Waals surface area (Å²) >= 11 is 3.62. The summed E-state index contributed by atoms with van der Waals surface area (Å²) in [5.41, 5.74) is 0.00637. The highest BCUT2D eigenvalue weighted by Gasteiger charge is 2.46. The molecule has 0 radical (unpaired) electrons. The quantitative estimate of drug-likeness (QED) is 0.690. The molecule has 2 aliphatic heterocycles. The third-order valence-corrected chi connectivity index (χ3v) is 3.86. The van der Waals surface area contributed by atoms with Crippen LogP contribution in [0.5, 0.6) is 0 Å². The van der Waals surface area contributed by atoms with Gasteiger partial charge >= 0.3 is 0 Å². The van der Waals surface area contributed by atoms with Gasteiger partial charge in [0.05, 0.1) is 0 Å². The van der Waals surface area contributed by atoms with E-state index in [4.69, 9.17) is 0 Å². The maximum atomic E-state index is 11.5. The fraction of sp³-hybridized carbons (Fsp3) is 0.889. The average molecular weight is 313 g/mol. The topological polar surface area (TPSA) is 20.3 Å². The summed E-state index contributed by atoms with van der Waals surface area (Å²) in [5.74, 6) is 0.383. The Morgan fingerprint density at radius 3 is 2.92 bits per heavy atom. The molecule has 4 heteroatoms. The van der Waals surface area contributed by atoms with E-state index in [9.17, 15) is 4.79 Å². The Bertz CT molecular complexity index is 222. The number of carbonyl (C=O) groups is 1. The van der Waals surface area contributed by atoms with Crippen LogP contribution in [0.3, 0.4) is 0 Å². The molecule has 13 heavy (non-hydrogen) atoms. The Morgan fingerprint density at radius 2 is 2.31 bits per heavy atom. The monoisotopic (exact) mass is 311 g/mol. The van der Waals surface area contributed by atoms with Crippen LogP contribution >= 0.6 is 32.9 Å². The van der Waals surface area contributed by atoms with Gasteiger partial charge < -0.3 is 4.90 Å². The molecule has 0 aromatic heterocycles. The second-order valence-corrected chi connectivity index (χ2v) is 5.42. The normalized spacial score (nSPS) is 42.6. The van der Waals surface area contributed by atoms with Gasteiger partial charge in [0.15, 0.2) is 0 Å². The van der Waals surface area contributed by atoms with E-state index in [1.165, 1.54) is 0 Å². The summed E-state index contributed by atoms with van der Waals surface area (Å²) in [6, 6.07) is 0. The molecule has 2 saturated heterocycles. The van der Waals surface area contributed by atoms with Crippen molar-refractivity contribution in [2.45, 2.75) is 24.6 Å². The molecule has 0 aromatic carbocycles. The Morgan fingerprint density at radius 1 is 1.62 bits per heavy atom. The van der Waals surface area contributed by atoms with Crippen LogP contribution in [0.25, 0.3) is 0 Å². The maximum Gasteiger partial charge on any atom is 0.137 e. The molecule has 0 amide bonds. The van der Waals surface area contributed by atoms with Crippen molar-refractivity contribution in [3.8, 4) is 0 Å². The van der Waals surface area contributed by atoms with E-state index in [1.54, 1.807) is 6.92 Å². The van der Waals surface area contributed by atoms with Crippen LogP contribution in [0.4, 0.5) is 0 Å². The van der Waals surface area contributed by atoms with E-state index < -0.39 is 0 Å². The fourth-order valence-corrected chi connectivity index (χ4v) is 3.51. The Hall–Kier alpha value is 0.590. The Balaban J connectivity index is 0.000000845. The number of hydrogen-bond acceptors (Lipinski definition) is 2. The molecule has 2 bridgehead atoms. The van der Waals surface area contributed by atoms with Crippen LogP contribution < -0.4 is 0 Å². The van der Waals surface area contributed by atoms with Gasteiger partial charge in [-0.05, 0) is 26.3 Å². The number of rotatable bonds is 1. The number of fused-ring (bicyclic) bond motifs is 2. The smallest absolute Gasteiger partial charge is 0.137 e. The largest absolute Gasteiger partial charge is 0.301 e. The summed E-state index contributed by atoms with van der Waals surface area (Å²) in [5, 5.41) is 0. The zero-order valence-corrected chi connectivity index (χ0v) is 11.1. The first-order valence-corrected chi connectivity index (χ1v) is 5.41. The number of carbonyl (C=O) groups excluding carboxylic acids is 1. The minimum absolute atomic E-state index is 0. The Kier molecular flexibility index (Phi) is 3.58. The number of halogens is 2. The number of Topliss-reactive ketones (excluding diaryl/α,β-unsaturated/α-hetero) is 1. The van der Waals surface area contributed by atoms with E-state index in [2.05, 4.69) is 20.8 Å². The zero-order chi connectivity index (χ0) is 8.77. The van der Waals surface area contributed by atoms with Crippen molar-refractivity contribution in [2.75, 3.05) is 19.6 Å². The lowest BCUT2D eigenvalue weighted by Crippen LogP contribution is -2.43. The number of nitrogens with zero attached hydrogens (tertiary/aromatic N) is 1. The number of hydrogen-bond donors (Lipinski definition) is 0. The van der Waals surface area contributed by atoms with Crippen LogP contribution in [0.2, 0.25) is 0 Å². The van der Waals surface area contributed by atoms with E-state index in [0.717, 1.165) is 32.5 Å². The number of piperidine rings is 1. The first-order valence-electron chi connectivity index (χ1n) is 4.50. The van der Waals surface area contributed by atoms with E-state index in [-0.39, 0.29) is 22.4 Å². The van der Waals surface area contributed by atoms with Crippen molar-refractivity contribution in [1.29, 1.82) is 0 Å². The lowest BCUT2D eigenvalue weighted by atomic mass is 9.78. The van der Waals surface area contributed by atoms with Gasteiger partial charge in [-0.15, -0.1) is 17.0 Å². The van der Waals surface area contributed by atoms with E-state index in [0.29, 0.717) is 10.6 Å². The van der Waals surface area contributed by atoms with Crippen molar-refractivity contribution in [3.05, 3.63) is 0 Å². The molecule has 0 N–H and O–H groups in total. The highest BCUT2D eigenvalue weighted by Crippen LogP contribution is 2.41. The fourth-order valence-electron chi connectivity index (χ4n) is 2.48. The van der Waals surface area contributed by atoms with Gasteiger partial charge in [0.2, 0.25) is 0 Å². The standard InChI is InChI=1S/C9H14BrNO.BrH/c1-7(12)9-2-3-11(6-9)5-8(10)4-9;/h8H,2-6H2,1H3;1H. The van der Waals surface area contributed by atoms with Gasteiger partial charge in [0, 0.05) is 23.3 Å². The van der Waals surface area contributed by atoms with Gasteiger partial charge in [-0.3, -0.25) is 4.79 Å². The first-order chi connectivity index (χ1) is 5.62. The van der Waals surface area contributed by atoms with Crippen molar-refractivity contribution >= 4 is 38.7 Å². The summed E-state index contributed by atoms with van der Waals surface area (Å²) in [6.45, 7) is 4.98. The molecule has 2 heterocycles.